The second kappa shape index (κ2) is 7.66. The van der Waals surface area contributed by atoms with Gasteiger partial charge < -0.3 is 14.4 Å². The first-order chi connectivity index (χ1) is 11.6. The van der Waals surface area contributed by atoms with Gasteiger partial charge in [-0.2, -0.15) is 0 Å². The van der Waals surface area contributed by atoms with E-state index in [0.29, 0.717) is 25.9 Å². The molecular weight excluding hydrogens is 326 g/mol. The molecule has 2 aromatic heterocycles. The molecule has 6 heteroatoms. The summed E-state index contributed by atoms with van der Waals surface area (Å²) in [5.74, 6) is -0.630. The fraction of sp³-hybridized carbons (Fsp3) is 0.444. The number of carbonyl (C=O) groups excluding carboxylic acids is 1. The number of amides is 1. The Bertz CT molecular complexity index is 629. The van der Waals surface area contributed by atoms with E-state index in [1.54, 1.807) is 22.5 Å². The van der Waals surface area contributed by atoms with Crippen molar-refractivity contribution in [2.24, 2.45) is 11.8 Å². The minimum absolute atomic E-state index is 0.0331. The molecule has 1 fully saturated rings. The smallest absolute Gasteiger partial charge is 0.306 e. The number of hydrogen-bond acceptors (Lipinski definition) is 4. The lowest BCUT2D eigenvalue weighted by Crippen LogP contribution is -2.38. The van der Waals surface area contributed by atoms with Gasteiger partial charge in [0, 0.05) is 10.8 Å². The zero-order valence-electron chi connectivity index (χ0n) is 13.4. The lowest BCUT2D eigenvalue weighted by Gasteiger charge is -2.31. The SMILES string of the molecule is O=C(O)C1CCCC(C(=O)N(Cc2ccco2)Cc2cccs2)C1. The zero-order chi connectivity index (χ0) is 16.9. The number of carboxylic acid groups (broad SMARTS) is 1. The van der Waals surface area contributed by atoms with Crippen LogP contribution in [-0.4, -0.2) is 21.9 Å². The van der Waals surface area contributed by atoms with Gasteiger partial charge in [0.15, 0.2) is 0 Å². The first-order valence-corrected chi connectivity index (χ1v) is 9.08. The van der Waals surface area contributed by atoms with E-state index in [4.69, 9.17) is 4.42 Å². The molecule has 128 valence electrons. The van der Waals surface area contributed by atoms with Crippen molar-refractivity contribution in [2.75, 3.05) is 0 Å². The zero-order valence-corrected chi connectivity index (χ0v) is 14.2. The summed E-state index contributed by atoms with van der Waals surface area (Å²) >= 11 is 1.61. The molecule has 1 aliphatic carbocycles. The van der Waals surface area contributed by atoms with Gasteiger partial charge >= 0.3 is 5.97 Å². The summed E-state index contributed by atoms with van der Waals surface area (Å²) in [6.07, 6.45) is 4.27. The van der Waals surface area contributed by atoms with E-state index < -0.39 is 11.9 Å². The summed E-state index contributed by atoms with van der Waals surface area (Å²) in [4.78, 5) is 27.2. The Balaban J connectivity index is 1.73. The van der Waals surface area contributed by atoms with Crippen LogP contribution in [0.4, 0.5) is 0 Å². The maximum Gasteiger partial charge on any atom is 0.306 e. The summed E-state index contributed by atoms with van der Waals surface area (Å²) in [6, 6.07) is 7.64. The number of aliphatic carboxylic acids is 1. The molecule has 2 heterocycles. The van der Waals surface area contributed by atoms with Crippen molar-refractivity contribution in [3.63, 3.8) is 0 Å². The highest BCUT2D eigenvalue weighted by Crippen LogP contribution is 2.31. The minimum Gasteiger partial charge on any atom is -0.481 e. The van der Waals surface area contributed by atoms with E-state index in [9.17, 15) is 14.7 Å². The van der Waals surface area contributed by atoms with E-state index in [1.165, 1.54) is 0 Å². The molecule has 5 nitrogen and oxygen atoms in total. The third-order valence-electron chi connectivity index (χ3n) is 4.54. The van der Waals surface area contributed by atoms with Gasteiger partial charge in [0.05, 0.1) is 25.3 Å². The summed E-state index contributed by atoms with van der Waals surface area (Å²) in [5.41, 5.74) is 0. The van der Waals surface area contributed by atoms with Crippen molar-refractivity contribution in [1.82, 2.24) is 4.90 Å². The quantitative estimate of drug-likeness (QED) is 0.864. The summed E-state index contributed by atoms with van der Waals surface area (Å²) in [7, 11) is 0. The predicted octanol–water partition coefficient (Wildman–Crippen LogP) is 3.76. The molecule has 3 rings (SSSR count). The first-order valence-electron chi connectivity index (χ1n) is 8.20. The average Bonchev–Trinajstić information content (AvgIpc) is 3.27. The third kappa shape index (κ3) is 4.06. The Labute approximate surface area is 144 Å². The van der Waals surface area contributed by atoms with Crippen molar-refractivity contribution in [1.29, 1.82) is 0 Å². The number of nitrogens with zero attached hydrogens (tertiary/aromatic N) is 1. The Hall–Kier alpha value is -2.08. The summed E-state index contributed by atoms with van der Waals surface area (Å²) in [6.45, 7) is 0.948. The normalized spacial score (nSPS) is 20.7. The lowest BCUT2D eigenvalue weighted by atomic mass is 9.80. The number of carbonyl (C=O) groups is 2. The van der Waals surface area contributed by atoms with Crippen LogP contribution in [0.25, 0.3) is 0 Å². The topological polar surface area (TPSA) is 70.8 Å². The highest BCUT2D eigenvalue weighted by atomic mass is 32.1. The highest BCUT2D eigenvalue weighted by Gasteiger charge is 2.33. The van der Waals surface area contributed by atoms with Crippen LogP contribution in [-0.2, 0) is 22.7 Å². The molecule has 1 N–H and O–H groups in total. The van der Waals surface area contributed by atoms with Gasteiger partial charge in [0.1, 0.15) is 5.76 Å². The van der Waals surface area contributed by atoms with Gasteiger partial charge in [-0.1, -0.05) is 12.5 Å². The molecule has 2 atom stereocenters. The summed E-state index contributed by atoms with van der Waals surface area (Å²) in [5, 5.41) is 11.2. The Morgan fingerprint density at radius 3 is 2.71 bits per heavy atom. The number of rotatable bonds is 6. The molecule has 1 amide bonds. The van der Waals surface area contributed by atoms with E-state index in [2.05, 4.69) is 0 Å². The van der Waals surface area contributed by atoms with Gasteiger partial charge in [-0.15, -0.1) is 11.3 Å². The standard InChI is InChI=1S/C18H21NO4S/c20-17(13-4-1-5-14(10-13)18(21)22)19(11-15-6-2-8-23-15)12-16-7-3-9-24-16/h2-3,6-9,13-14H,1,4-5,10-12H2,(H,21,22). The summed E-state index contributed by atoms with van der Waals surface area (Å²) < 4.78 is 5.40. The van der Waals surface area contributed by atoms with Crippen LogP contribution in [0.2, 0.25) is 0 Å². The van der Waals surface area contributed by atoms with Crippen molar-refractivity contribution < 1.29 is 19.1 Å². The molecule has 2 unspecified atom stereocenters. The van der Waals surface area contributed by atoms with Gasteiger partial charge in [0.2, 0.25) is 5.91 Å². The van der Waals surface area contributed by atoms with Crippen molar-refractivity contribution in [3.8, 4) is 0 Å². The van der Waals surface area contributed by atoms with Crippen LogP contribution >= 0.6 is 11.3 Å². The minimum atomic E-state index is -0.789. The van der Waals surface area contributed by atoms with Crippen molar-refractivity contribution >= 4 is 23.2 Å². The highest BCUT2D eigenvalue weighted by molar-refractivity contribution is 7.09. The lowest BCUT2D eigenvalue weighted by molar-refractivity contribution is -0.146. The maximum atomic E-state index is 13.0. The molecule has 2 aromatic rings. The first kappa shape index (κ1) is 16.8. The maximum absolute atomic E-state index is 13.0. The van der Waals surface area contributed by atoms with Gasteiger partial charge in [-0.05, 0) is 42.8 Å². The number of thiophene rings is 1. The van der Waals surface area contributed by atoms with E-state index in [0.717, 1.165) is 23.5 Å². The second-order valence-corrected chi connectivity index (χ2v) is 7.28. The van der Waals surface area contributed by atoms with Crippen LogP contribution < -0.4 is 0 Å². The third-order valence-corrected chi connectivity index (χ3v) is 5.40. The van der Waals surface area contributed by atoms with E-state index in [-0.39, 0.29) is 11.8 Å². The molecule has 1 saturated carbocycles. The monoisotopic (exact) mass is 347 g/mol. The van der Waals surface area contributed by atoms with E-state index in [1.807, 2.05) is 29.6 Å². The van der Waals surface area contributed by atoms with Crippen molar-refractivity contribution in [2.45, 2.75) is 38.8 Å². The fourth-order valence-corrected chi connectivity index (χ4v) is 4.01. The molecule has 0 saturated heterocycles. The molecule has 1 aliphatic rings. The predicted molar refractivity (Wildman–Crippen MR) is 90.4 cm³/mol. The van der Waals surface area contributed by atoms with Crippen LogP contribution in [0, 0.1) is 11.8 Å². The second-order valence-electron chi connectivity index (χ2n) is 6.25. The van der Waals surface area contributed by atoms with Crippen molar-refractivity contribution in [3.05, 3.63) is 46.5 Å². The largest absolute Gasteiger partial charge is 0.481 e. The molecule has 0 spiro atoms. The number of carboxylic acids is 1. The Morgan fingerprint density at radius 2 is 2.04 bits per heavy atom. The molecule has 0 aliphatic heterocycles. The number of furan rings is 1. The molecule has 24 heavy (non-hydrogen) atoms. The Kier molecular flexibility index (Phi) is 5.35. The molecule has 0 aromatic carbocycles. The molecule has 0 bridgehead atoms. The van der Waals surface area contributed by atoms with Crippen LogP contribution in [0.15, 0.2) is 40.3 Å². The van der Waals surface area contributed by atoms with Gasteiger partial charge in [0.25, 0.3) is 0 Å². The van der Waals surface area contributed by atoms with Crippen LogP contribution in [0.3, 0.4) is 0 Å². The fourth-order valence-electron chi connectivity index (χ4n) is 3.29. The molecule has 0 radical (unpaired) electrons. The van der Waals surface area contributed by atoms with Gasteiger partial charge in [-0.3, -0.25) is 9.59 Å². The van der Waals surface area contributed by atoms with Crippen LogP contribution in [0.1, 0.15) is 36.3 Å². The average molecular weight is 347 g/mol. The van der Waals surface area contributed by atoms with Gasteiger partial charge in [-0.25, -0.2) is 0 Å². The molecular formula is C18H21NO4S. The number of hydrogen-bond donors (Lipinski definition) is 1. The van der Waals surface area contributed by atoms with E-state index >= 15 is 0 Å². The van der Waals surface area contributed by atoms with Crippen LogP contribution in [0.5, 0.6) is 0 Å². The Morgan fingerprint density at radius 1 is 1.21 bits per heavy atom.